The lowest BCUT2D eigenvalue weighted by molar-refractivity contribution is 0.376. The standard InChI is InChI=1S/C12H28N4/c1-9-5-14-11(3)7-16-12(4)8-15-10(2)6-13-9/h9-16H,5-8H2,1-4H3/t9-,10-,11-,12-/m1/s1. The van der Waals surface area contributed by atoms with E-state index in [1.807, 2.05) is 0 Å². The Morgan fingerprint density at radius 2 is 0.688 bits per heavy atom. The van der Waals surface area contributed by atoms with Crippen LogP contribution in [0.4, 0.5) is 0 Å². The average Bonchev–Trinajstić information content (AvgIpc) is 2.27. The van der Waals surface area contributed by atoms with E-state index in [1.54, 1.807) is 0 Å². The van der Waals surface area contributed by atoms with Gasteiger partial charge in [0.25, 0.3) is 0 Å². The summed E-state index contributed by atoms with van der Waals surface area (Å²) in [7, 11) is 0. The molecule has 4 heteroatoms. The summed E-state index contributed by atoms with van der Waals surface area (Å²) in [5, 5.41) is 14.2. The molecule has 0 saturated carbocycles. The molecule has 1 rings (SSSR count). The molecule has 1 aliphatic heterocycles. The Bertz CT molecular complexity index is 130. The monoisotopic (exact) mass is 228 g/mol. The zero-order valence-corrected chi connectivity index (χ0v) is 11.1. The van der Waals surface area contributed by atoms with E-state index in [4.69, 9.17) is 0 Å². The Balaban J connectivity index is 2.39. The van der Waals surface area contributed by atoms with Gasteiger partial charge in [-0.25, -0.2) is 0 Å². The van der Waals surface area contributed by atoms with Crippen LogP contribution >= 0.6 is 0 Å². The van der Waals surface area contributed by atoms with Crippen molar-refractivity contribution in [2.75, 3.05) is 26.2 Å². The Hall–Kier alpha value is -0.160. The van der Waals surface area contributed by atoms with Crippen molar-refractivity contribution in [1.29, 1.82) is 0 Å². The molecule has 0 amide bonds. The Morgan fingerprint density at radius 3 is 0.875 bits per heavy atom. The van der Waals surface area contributed by atoms with Gasteiger partial charge in [0.1, 0.15) is 0 Å². The van der Waals surface area contributed by atoms with Gasteiger partial charge in [-0.15, -0.1) is 0 Å². The first-order chi connectivity index (χ1) is 7.58. The Kier molecular flexibility index (Phi) is 6.28. The molecule has 1 fully saturated rings. The van der Waals surface area contributed by atoms with Crippen molar-refractivity contribution in [3.05, 3.63) is 0 Å². The second kappa shape index (κ2) is 7.22. The van der Waals surface area contributed by atoms with Gasteiger partial charge in [0.15, 0.2) is 0 Å². The summed E-state index contributed by atoms with van der Waals surface area (Å²) < 4.78 is 0. The third kappa shape index (κ3) is 5.80. The second-order valence-electron chi connectivity index (χ2n) is 5.24. The van der Waals surface area contributed by atoms with E-state index in [9.17, 15) is 0 Å². The third-order valence-corrected chi connectivity index (χ3v) is 3.09. The highest BCUT2D eigenvalue weighted by Gasteiger charge is 2.11. The number of rotatable bonds is 0. The molecule has 1 saturated heterocycles. The molecule has 4 N–H and O–H groups in total. The van der Waals surface area contributed by atoms with E-state index >= 15 is 0 Å². The largest absolute Gasteiger partial charge is 0.311 e. The average molecular weight is 228 g/mol. The molecule has 0 aromatic carbocycles. The Labute approximate surface area is 99.9 Å². The summed E-state index contributed by atoms with van der Waals surface area (Å²) in [5.74, 6) is 0. The molecule has 0 radical (unpaired) electrons. The van der Waals surface area contributed by atoms with Crippen LogP contribution < -0.4 is 21.3 Å². The fourth-order valence-corrected chi connectivity index (χ4v) is 1.80. The number of nitrogens with one attached hydrogen (secondary N) is 4. The van der Waals surface area contributed by atoms with Gasteiger partial charge in [0.05, 0.1) is 0 Å². The minimum Gasteiger partial charge on any atom is -0.311 e. The summed E-state index contributed by atoms with van der Waals surface area (Å²) in [4.78, 5) is 0. The summed E-state index contributed by atoms with van der Waals surface area (Å²) >= 11 is 0. The van der Waals surface area contributed by atoms with Crippen molar-refractivity contribution < 1.29 is 0 Å². The molecular formula is C12H28N4. The van der Waals surface area contributed by atoms with E-state index in [0.29, 0.717) is 24.2 Å². The number of hydrogen-bond acceptors (Lipinski definition) is 4. The van der Waals surface area contributed by atoms with Gasteiger partial charge in [-0.2, -0.15) is 0 Å². The van der Waals surface area contributed by atoms with Crippen molar-refractivity contribution in [1.82, 2.24) is 21.3 Å². The summed E-state index contributed by atoms with van der Waals surface area (Å²) in [6.07, 6.45) is 0. The molecule has 1 aliphatic rings. The second-order valence-corrected chi connectivity index (χ2v) is 5.24. The predicted octanol–water partition coefficient (Wildman–Crippen LogP) is -0.0876. The molecule has 4 atom stereocenters. The third-order valence-electron chi connectivity index (χ3n) is 3.09. The van der Waals surface area contributed by atoms with Crippen molar-refractivity contribution >= 4 is 0 Å². The van der Waals surface area contributed by atoms with Crippen LogP contribution in [-0.2, 0) is 0 Å². The lowest BCUT2D eigenvalue weighted by Gasteiger charge is -2.26. The van der Waals surface area contributed by atoms with Crippen LogP contribution in [0.15, 0.2) is 0 Å². The van der Waals surface area contributed by atoms with Gasteiger partial charge in [-0.1, -0.05) is 0 Å². The van der Waals surface area contributed by atoms with Gasteiger partial charge < -0.3 is 21.3 Å². The number of hydrogen-bond donors (Lipinski definition) is 4. The van der Waals surface area contributed by atoms with Crippen LogP contribution in [0.2, 0.25) is 0 Å². The zero-order valence-electron chi connectivity index (χ0n) is 11.1. The molecule has 1 heterocycles. The maximum atomic E-state index is 3.54. The molecular weight excluding hydrogens is 200 g/mol. The van der Waals surface area contributed by atoms with Gasteiger partial charge in [-0.05, 0) is 27.7 Å². The maximum Gasteiger partial charge on any atom is 0.0164 e. The van der Waals surface area contributed by atoms with E-state index in [1.165, 1.54) is 0 Å². The summed E-state index contributed by atoms with van der Waals surface area (Å²) in [6.45, 7) is 13.0. The highest BCUT2D eigenvalue weighted by molar-refractivity contribution is 4.77. The maximum absolute atomic E-state index is 3.54. The normalized spacial score (nSPS) is 39.8. The molecule has 96 valence electrons. The molecule has 0 unspecified atom stereocenters. The fraction of sp³-hybridized carbons (Fsp3) is 1.00. The van der Waals surface area contributed by atoms with Crippen LogP contribution in [0.3, 0.4) is 0 Å². The van der Waals surface area contributed by atoms with Crippen LogP contribution in [-0.4, -0.2) is 50.3 Å². The van der Waals surface area contributed by atoms with Crippen molar-refractivity contribution in [2.24, 2.45) is 0 Å². The SMILES string of the molecule is C[C@@H]1CN[C@H](C)CN[C@H](C)CN[C@H](C)CN1. The highest BCUT2D eigenvalue weighted by Crippen LogP contribution is 1.90. The first-order valence-corrected chi connectivity index (χ1v) is 6.51. The highest BCUT2D eigenvalue weighted by atomic mass is 15.1. The van der Waals surface area contributed by atoms with Crippen LogP contribution in [0.25, 0.3) is 0 Å². The van der Waals surface area contributed by atoms with Gasteiger partial charge in [0, 0.05) is 50.3 Å². The molecule has 0 bridgehead atoms. The smallest absolute Gasteiger partial charge is 0.0164 e. The summed E-state index contributed by atoms with van der Waals surface area (Å²) in [6, 6.07) is 2.12. The minimum absolute atomic E-state index is 0.531. The van der Waals surface area contributed by atoms with E-state index in [-0.39, 0.29) is 0 Å². The molecule has 4 nitrogen and oxygen atoms in total. The molecule has 0 spiro atoms. The minimum atomic E-state index is 0.531. The van der Waals surface area contributed by atoms with Crippen LogP contribution in [0.5, 0.6) is 0 Å². The lowest BCUT2D eigenvalue weighted by Crippen LogP contribution is -2.51. The molecule has 0 aromatic rings. The molecule has 0 aliphatic carbocycles. The van der Waals surface area contributed by atoms with Crippen molar-refractivity contribution in [3.8, 4) is 0 Å². The quantitative estimate of drug-likeness (QED) is 0.468. The van der Waals surface area contributed by atoms with Crippen LogP contribution in [0, 0.1) is 0 Å². The predicted molar refractivity (Wildman–Crippen MR) is 69.9 cm³/mol. The van der Waals surface area contributed by atoms with E-state index in [2.05, 4.69) is 49.0 Å². The Morgan fingerprint density at radius 1 is 0.500 bits per heavy atom. The first kappa shape index (κ1) is 13.9. The molecule has 16 heavy (non-hydrogen) atoms. The van der Waals surface area contributed by atoms with E-state index in [0.717, 1.165) is 26.2 Å². The zero-order chi connectivity index (χ0) is 12.0. The van der Waals surface area contributed by atoms with Gasteiger partial charge in [-0.3, -0.25) is 0 Å². The van der Waals surface area contributed by atoms with Gasteiger partial charge >= 0.3 is 0 Å². The summed E-state index contributed by atoms with van der Waals surface area (Å²) in [5.41, 5.74) is 0. The van der Waals surface area contributed by atoms with Crippen LogP contribution in [0.1, 0.15) is 27.7 Å². The lowest BCUT2D eigenvalue weighted by atomic mass is 10.2. The van der Waals surface area contributed by atoms with Crippen molar-refractivity contribution in [3.63, 3.8) is 0 Å². The fourth-order valence-electron chi connectivity index (χ4n) is 1.80. The van der Waals surface area contributed by atoms with Gasteiger partial charge in [0.2, 0.25) is 0 Å². The molecule has 0 aromatic heterocycles. The topological polar surface area (TPSA) is 48.1 Å². The first-order valence-electron chi connectivity index (χ1n) is 6.51. The van der Waals surface area contributed by atoms with Crippen molar-refractivity contribution in [2.45, 2.75) is 51.9 Å². The van der Waals surface area contributed by atoms with E-state index < -0.39 is 0 Å².